The van der Waals surface area contributed by atoms with Crippen LogP contribution in [0.15, 0.2) is 18.2 Å². The average molecular weight is 377 g/mol. The Balaban J connectivity index is 1.77. The summed E-state index contributed by atoms with van der Waals surface area (Å²) in [7, 11) is -3.14. The molecule has 126 valence electrons. The van der Waals surface area contributed by atoms with Crippen LogP contribution in [0.4, 0.5) is 0 Å². The second-order valence-electron chi connectivity index (χ2n) is 6.09. The summed E-state index contributed by atoms with van der Waals surface area (Å²) in [6.45, 7) is 1.77. The van der Waals surface area contributed by atoms with Crippen LogP contribution in [0.5, 0.6) is 0 Å². The summed E-state index contributed by atoms with van der Waals surface area (Å²) in [5.41, 5.74) is 0.306. The maximum atomic E-state index is 12.5. The summed E-state index contributed by atoms with van der Waals surface area (Å²) < 4.78 is 24.0. The zero-order chi connectivity index (χ0) is 16.6. The van der Waals surface area contributed by atoms with Crippen LogP contribution < -0.4 is 5.32 Å². The lowest BCUT2D eigenvalue weighted by Gasteiger charge is -2.28. The summed E-state index contributed by atoms with van der Waals surface area (Å²) in [5, 5.41) is 3.56. The normalized spacial score (nSPS) is 27.2. The Kier molecular flexibility index (Phi) is 4.88. The van der Waals surface area contributed by atoms with Crippen LogP contribution in [-0.4, -0.2) is 55.9 Å². The van der Waals surface area contributed by atoms with Crippen molar-refractivity contribution in [2.45, 2.75) is 24.9 Å². The molecular formula is C15H18Cl2N2O3S. The van der Waals surface area contributed by atoms with Crippen LogP contribution >= 0.6 is 23.2 Å². The Bertz CT molecular complexity index is 717. The van der Waals surface area contributed by atoms with Crippen LogP contribution in [0.2, 0.25) is 10.0 Å². The molecule has 0 aromatic heterocycles. The van der Waals surface area contributed by atoms with Crippen LogP contribution in [-0.2, 0) is 9.84 Å². The summed E-state index contributed by atoms with van der Waals surface area (Å²) in [6, 6.07) is 4.08. The fourth-order valence-corrected chi connectivity index (χ4v) is 5.77. The predicted octanol–water partition coefficient (Wildman–Crippen LogP) is 1.98. The molecular weight excluding hydrogens is 359 g/mol. The van der Waals surface area contributed by atoms with Crippen molar-refractivity contribution in [3.63, 3.8) is 0 Å². The average Bonchev–Trinajstić information content (AvgIpc) is 3.06. The summed E-state index contributed by atoms with van der Waals surface area (Å²) in [5.74, 6) is -0.282. The third-order valence-corrected chi connectivity index (χ3v) is 6.69. The molecule has 2 aliphatic rings. The Morgan fingerprint density at radius 1 is 1.17 bits per heavy atom. The third-order valence-electron chi connectivity index (χ3n) is 4.42. The minimum Gasteiger partial charge on any atom is -0.347 e. The van der Waals surface area contributed by atoms with Crippen molar-refractivity contribution in [2.75, 3.05) is 24.6 Å². The van der Waals surface area contributed by atoms with Gasteiger partial charge in [0, 0.05) is 11.1 Å². The smallest absolute Gasteiger partial charge is 0.253 e. The highest BCUT2D eigenvalue weighted by molar-refractivity contribution is 7.91. The lowest BCUT2D eigenvalue weighted by atomic mass is 10.1. The molecule has 0 radical (unpaired) electrons. The number of halogens is 2. The summed E-state index contributed by atoms with van der Waals surface area (Å²) in [6.07, 6.45) is 2.14. The Morgan fingerprint density at radius 2 is 1.87 bits per heavy atom. The van der Waals surface area contributed by atoms with Gasteiger partial charge in [-0.25, -0.2) is 8.42 Å². The van der Waals surface area contributed by atoms with E-state index >= 15 is 0 Å². The van der Waals surface area contributed by atoms with Crippen molar-refractivity contribution >= 4 is 38.9 Å². The van der Waals surface area contributed by atoms with Gasteiger partial charge in [-0.3, -0.25) is 9.69 Å². The van der Waals surface area contributed by atoms with Crippen molar-refractivity contribution in [1.29, 1.82) is 0 Å². The van der Waals surface area contributed by atoms with Crippen molar-refractivity contribution in [3.8, 4) is 0 Å². The van der Waals surface area contributed by atoms with Gasteiger partial charge < -0.3 is 5.32 Å². The molecule has 1 aromatic rings. The molecule has 2 fully saturated rings. The standard InChI is InChI=1S/C15H18Cl2N2O3S/c16-10-3-4-11(12(17)7-10)15(20)18-13-8-23(21,22)9-14(13)19-5-1-2-6-19/h3-4,7,13-14H,1-2,5-6,8-9H2,(H,18,20). The number of benzene rings is 1. The highest BCUT2D eigenvalue weighted by Gasteiger charge is 2.42. The monoisotopic (exact) mass is 376 g/mol. The highest BCUT2D eigenvalue weighted by Crippen LogP contribution is 2.25. The van der Waals surface area contributed by atoms with Crippen molar-refractivity contribution in [1.82, 2.24) is 10.2 Å². The molecule has 3 rings (SSSR count). The first-order valence-corrected chi connectivity index (χ1v) is 10.1. The molecule has 2 atom stereocenters. The maximum Gasteiger partial charge on any atom is 0.253 e. The van der Waals surface area contributed by atoms with Crippen molar-refractivity contribution < 1.29 is 13.2 Å². The molecule has 2 aliphatic heterocycles. The summed E-state index contributed by atoms with van der Waals surface area (Å²) in [4.78, 5) is 14.6. The minimum atomic E-state index is -3.14. The number of nitrogens with one attached hydrogen (secondary N) is 1. The Morgan fingerprint density at radius 3 is 2.52 bits per heavy atom. The molecule has 1 N–H and O–H groups in total. The van der Waals surface area contributed by atoms with E-state index in [2.05, 4.69) is 10.2 Å². The SMILES string of the molecule is O=C(NC1CS(=O)(=O)CC1N1CCCC1)c1ccc(Cl)cc1Cl. The lowest BCUT2D eigenvalue weighted by molar-refractivity contribution is 0.0919. The fourth-order valence-electron chi connectivity index (χ4n) is 3.32. The van der Waals surface area contributed by atoms with Crippen LogP contribution in [0.25, 0.3) is 0 Å². The van der Waals surface area contributed by atoms with Crippen LogP contribution in [0, 0.1) is 0 Å². The van der Waals surface area contributed by atoms with Gasteiger partial charge in [-0.2, -0.15) is 0 Å². The van der Waals surface area contributed by atoms with E-state index in [9.17, 15) is 13.2 Å². The molecule has 2 heterocycles. The lowest BCUT2D eigenvalue weighted by Crippen LogP contribution is -2.50. The van der Waals surface area contributed by atoms with E-state index in [1.807, 2.05) is 0 Å². The van der Waals surface area contributed by atoms with Gasteiger partial charge in [-0.15, -0.1) is 0 Å². The number of carbonyl (C=O) groups excluding carboxylic acids is 1. The molecule has 0 aliphatic carbocycles. The van der Waals surface area contributed by atoms with Crippen LogP contribution in [0.3, 0.4) is 0 Å². The molecule has 0 saturated carbocycles. The second-order valence-corrected chi connectivity index (χ2v) is 9.09. The fraction of sp³-hybridized carbons (Fsp3) is 0.533. The van der Waals surface area contributed by atoms with E-state index in [0.29, 0.717) is 10.6 Å². The number of hydrogen-bond acceptors (Lipinski definition) is 4. The first kappa shape index (κ1) is 17.0. The van der Waals surface area contributed by atoms with Gasteiger partial charge in [0.15, 0.2) is 9.84 Å². The number of rotatable bonds is 3. The number of sulfone groups is 1. The van der Waals surface area contributed by atoms with Gasteiger partial charge in [-0.05, 0) is 44.1 Å². The number of likely N-dealkylation sites (tertiary alicyclic amines) is 1. The number of hydrogen-bond donors (Lipinski definition) is 1. The quantitative estimate of drug-likeness (QED) is 0.875. The highest BCUT2D eigenvalue weighted by atomic mass is 35.5. The second kappa shape index (κ2) is 6.59. The predicted molar refractivity (Wildman–Crippen MR) is 91.0 cm³/mol. The Labute approximate surface area is 145 Å². The minimum absolute atomic E-state index is 0.0227. The Hall–Kier alpha value is -0.820. The molecule has 1 aromatic carbocycles. The zero-order valence-electron chi connectivity index (χ0n) is 12.5. The molecule has 8 heteroatoms. The maximum absolute atomic E-state index is 12.5. The molecule has 5 nitrogen and oxygen atoms in total. The molecule has 23 heavy (non-hydrogen) atoms. The van der Waals surface area contributed by atoms with Gasteiger partial charge in [0.2, 0.25) is 0 Å². The molecule has 1 amide bonds. The number of nitrogens with zero attached hydrogens (tertiary/aromatic N) is 1. The van der Waals surface area contributed by atoms with Gasteiger partial charge >= 0.3 is 0 Å². The molecule has 2 saturated heterocycles. The van der Waals surface area contributed by atoms with Crippen molar-refractivity contribution in [2.24, 2.45) is 0 Å². The number of amides is 1. The zero-order valence-corrected chi connectivity index (χ0v) is 14.8. The molecule has 0 spiro atoms. The van der Waals surface area contributed by atoms with Gasteiger partial charge in [0.1, 0.15) is 0 Å². The summed E-state index contributed by atoms with van der Waals surface area (Å²) >= 11 is 11.9. The van der Waals surface area contributed by atoms with E-state index in [1.165, 1.54) is 6.07 Å². The van der Waals surface area contributed by atoms with Crippen LogP contribution in [0.1, 0.15) is 23.2 Å². The van der Waals surface area contributed by atoms with E-state index in [0.717, 1.165) is 25.9 Å². The first-order chi connectivity index (χ1) is 10.9. The van der Waals surface area contributed by atoms with E-state index in [-0.39, 0.29) is 28.5 Å². The largest absolute Gasteiger partial charge is 0.347 e. The third kappa shape index (κ3) is 3.82. The van der Waals surface area contributed by atoms with E-state index in [4.69, 9.17) is 23.2 Å². The first-order valence-electron chi connectivity index (χ1n) is 7.56. The topological polar surface area (TPSA) is 66.5 Å². The van der Waals surface area contributed by atoms with E-state index in [1.54, 1.807) is 12.1 Å². The van der Waals surface area contributed by atoms with E-state index < -0.39 is 15.9 Å². The van der Waals surface area contributed by atoms with Crippen molar-refractivity contribution in [3.05, 3.63) is 33.8 Å². The van der Waals surface area contributed by atoms with Gasteiger partial charge in [0.05, 0.1) is 28.1 Å². The molecule has 0 bridgehead atoms. The van der Waals surface area contributed by atoms with Gasteiger partial charge in [-0.1, -0.05) is 23.2 Å². The van der Waals surface area contributed by atoms with Gasteiger partial charge in [0.25, 0.3) is 5.91 Å². The molecule has 2 unspecified atom stereocenters. The number of carbonyl (C=O) groups is 1.